The van der Waals surface area contributed by atoms with Gasteiger partial charge in [-0.1, -0.05) is 6.07 Å². The summed E-state index contributed by atoms with van der Waals surface area (Å²) in [5.74, 6) is -0.778. The van der Waals surface area contributed by atoms with Crippen molar-refractivity contribution < 1.29 is 8.78 Å². The van der Waals surface area contributed by atoms with Crippen molar-refractivity contribution in [2.75, 3.05) is 0 Å². The number of H-pyrrole nitrogens is 1. The molecular formula is C12H13F2N3. The Morgan fingerprint density at radius 3 is 2.29 bits per heavy atom. The predicted octanol–water partition coefficient (Wildman–Crippen LogP) is 2.55. The summed E-state index contributed by atoms with van der Waals surface area (Å²) in [5.41, 5.74) is 5.33. The van der Waals surface area contributed by atoms with Gasteiger partial charge in [0.1, 0.15) is 17.5 Å². The molecule has 0 amide bonds. The van der Waals surface area contributed by atoms with Crippen LogP contribution in [0.15, 0.2) is 24.4 Å². The van der Waals surface area contributed by atoms with Crippen molar-refractivity contribution in [2.45, 2.75) is 19.4 Å². The maximum absolute atomic E-state index is 13.5. The molecule has 0 bridgehead atoms. The zero-order chi connectivity index (χ0) is 12.6. The molecule has 0 atom stereocenters. The third-order valence-corrected chi connectivity index (χ3v) is 2.42. The molecule has 3 N–H and O–H groups in total. The topological polar surface area (TPSA) is 54.7 Å². The Bertz CT molecular complexity index is 521. The van der Waals surface area contributed by atoms with E-state index in [1.807, 2.05) is 0 Å². The molecule has 5 heteroatoms. The van der Waals surface area contributed by atoms with Crippen LogP contribution in [-0.4, -0.2) is 9.97 Å². The van der Waals surface area contributed by atoms with E-state index in [1.165, 1.54) is 24.4 Å². The number of halogens is 2. The number of aromatic nitrogens is 2. The molecule has 1 aromatic carbocycles. The number of hydrogen-bond donors (Lipinski definition) is 2. The number of aromatic amines is 1. The highest BCUT2D eigenvalue weighted by Crippen LogP contribution is 2.25. The van der Waals surface area contributed by atoms with Crippen molar-refractivity contribution in [3.63, 3.8) is 0 Å². The lowest BCUT2D eigenvalue weighted by atomic mass is 10.1. The minimum Gasteiger partial charge on any atom is -0.340 e. The third-order valence-electron chi connectivity index (χ3n) is 2.42. The van der Waals surface area contributed by atoms with E-state index in [0.29, 0.717) is 5.82 Å². The fourth-order valence-corrected chi connectivity index (χ4v) is 1.53. The summed E-state index contributed by atoms with van der Waals surface area (Å²) in [4.78, 5) is 6.87. The summed E-state index contributed by atoms with van der Waals surface area (Å²) in [6.45, 7) is 3.51. The summed E-state index contributed by atoms with van der Waals surface area (Å²) < 4.78 is 27.0. The maximum Gasteiger partial charge on any atom is 0.135 e. The fourth-order valence-electron chi connectivity index (χ4n) is 1.53. The van der Waals surface area contributed by atoms with Gasteiger partial charge in [-0.15, -0.1) is 0 Å². The van der Waals surface area contributed by atoms with Crippen LogP contribution in [0.25, 0.3) is 11.3 Å². The lowest BCUT2D eigenvalue weighted by Gasteiger charge is -2.14. The lowest BCUT2D eigenvalue weighted by molar-refractivity contribution is 0.520. The van der Waals surface area contributed by atoms with E-state index in [9.17, 15) is 8.78 Å². The average molecular weight is 237 g/mol. The second-order valence-electron chi connectivity index (χ2n) is 4.46. The number of benzene rings is 1. The van der Waals surface area contributed by atoms with Crippen molar-refractivity contribution >= 4 is 0 Å². The molecule has 0 spiro atoms. The molecule has 0 aliphatic rings. The Labute approximate surface area is 97.7 Å². The van der Waals surface area contributed by atoms with Gasteiger partial charge in [0.15, 0.2) is 0 Å². The first-order chi connectivity index (χ1) is 7.89. The van der Waals surface area contributed by atoms with Crippen LogP contribution in [0.2, 0.25) is 0 Å². The Morgan fingerprint density at radius 1 is 1.24 bits per heavy atom. The normalized spacial score (nSPS) is 11.8. The summed E-state index contributed by atoms with van der Waals surface area (Å²) in [5, 5.41) is 0. The number of imidazole rings is 1. The molecule has 0 unspecified atom stereocenters. The van der Waals surface area contributed by atoms with E-state index in [-0.39, 0.29) is 11.3 Å². The molecule has 0 fully saturated rings. The van der Waals surface area contributed by atoms with Crippen LogP contribution in [-0.2, 0) is 5.54 Å². The van der Waals surface area contributed by atoms with E-state index < -0.39 is 17.2 Å². The van der Waals surface area contributed by atoms with Crippen LogP contribution >= 0.6 is 0 Å². The highest BCUT2D eigenvalue weighted by molar-refractivity contribution is 5.60. The molecule has 2 rings (SSSR count). The van der Waals surface area contributed by atoms with Crippen LogP contribution in [0.5, 0.6) is 0 Å². The number of hydrogen-bond acceptors (Lipinski definition) is 2. The average Bonchev–Trinajstić information content (AvgIpc) is 2.65. The van der Waals surface area contributed by atoms with Gasteiger partial charge < -0.3 is 10.7 Å². The van der Waals surface area contributed by atoms with Gasteiger partial charge in [-0.3, -0.25) is 0 Å². The first-order valence-electron chi connectivity index (χ1n) is 5.18. The van der Waals surface area contributed by atoms with Gasteiger partial charge in [-0.2, -0.15) is 0 Å². The summed E-state index contributed by atoms with van der Waals surface area (Å²) in [6.07, 6.45) is 1.38. The maximum atomic E-state index is 13.5. The van der Waals surface area contributed by atoms with Gasteiger partial charge in [0.05, 0.1) is 23.0 Å². The molecule has 2 aromatic rings. The second-order valence-corrected chi connectivity index (χ2v) is 4.46. The number of nitrogens with one attached hydrogen (secondary N) is 1. The van der Waals surface area contributed by atoms with E-state index in [4.69, 9.17) is 5.73 Å². The molecular weight excluding hydrogens is 224 g/mol. The fraction of sp³-hybridized carbons (Fsp3) is 0.250. The van der Waals surface area contributed by atoms with Gasteiger partial charge in [-0.05, 0) is 26.0 Å². The minimum absolute atomic E-state index is 0.115. The van der Waals surface area contributed by atoms with Crippen molar-refractivity contribution in [1.29, 1.82) is 0 Å². The molecule has 90 valence electrons. The zero-order valence-electron chi connectivity index (χ0n) is 9.59. The summed E-state index contributed by atoms with van der Waals surface area (Å²) >= 11 is 0. The first-order valence-corrected chi connectivity index (χ1v) is 5.18. The number of nitrogens with zero attached hydrogens (tertiary/aromatic N) is 1. The molecule has 3 nitrogen and oxygen atoms in total. The van der Waals surface area contributed by atoms with Crippen molar-refractivity contribution in [1.82, 2.24) is 9.97 Å². The largest absolute Gasteiger partial charge is 0.340 e. The monoisotopic (exact) mass is 237 g/mol. The summed E-state index contributed by atoms with van der Waals surface area (Å²) in [7, 11) is 0. The molecule has 0 aliphatic carbocycles. The third kappa shape index (κ3) is 2.19. The zero-order valence-corrected chi connectivity index (χ0v) is 9.59. The van der Waals surface area contributed by atoms with E-state index in [1.54, 1.807) is 13.8 Å². The van der Waals surface area contributed by atoms with Crippen LogP contribution in [0.1, 0.15) is 19.7 Å². The van der Waals surface area contributed by atoms with Gasteiger partial charge >= 0.3 is 0 Å². The smallest absolute Gasteiger partial charge is 0.135 e. The molecule has 0 saturated heterocycles. The Morgan fingerprint density at radius 2 is 1.82 bits per heavy atom. The van der Waals surface area contributed by atoms with Crippen molar-refractivity contribution in [3.05, 3.63) is 41.9 Å². The Balaban J connectivity index is 2.51. The molecule has 1 aromatic heterocycles. The lowest BCUT2D eigenvalue weighted by Crippen LogP contribution is -2.30. The molecule has 1 heterocycles. The van der Waals surface area contributed by atoms with Gasteiger partial charge in [-0.25, -0.2) is 13.8 Å². The first kappa shape index (κ1) is 11.7. The standard InChI is InChI=1S/C12H13F2N3/c1-12(2,15)11-16-6-9(17-11)10-7(13)4-3-5-8(10)14/h3-6H,15H2,1-2H3,(H,16,17). The van der Waals surface area contributed by atoms with Crippen LogP contribution in [0.3, 0.4) is 0 Å². The van der Waals surface area contributed by atoms with Crippen LogP contribution in [0, 0.1) is 11.6 Å². The van der Waals surface area contributed by atoms with E-state index >= 15 is 0 Å². The molecule has 0 saturated carbocycles. The quantitative estimate of drug-likeness (QED) is 0.843. The SMILES string of the molecule is CC(C)(N)c1ncc(-c2c(F)cccc2F)[nH]1. The molecule has 17 heavy (non-hydrogen) atoms. The number of nitrogens with two attached hydrogens (primary N) is 1. The van der Waals surface area contributed by atoms with Gasteiger partial charge in [0, 0.05) is 0 Å². The van der Waals surface area contributed by atoms with Crippen molar-refractivity contribution in [3.8, 4) is 11.3 Å². The summed E-state index contributed by atoms with van der Waals surface area (Å²) in [6, 6.07) is 3.72. The van der Waals surface area contributed by atoms with Crippen molar-refractivity contribution in [2.24, 2.45) is 5.73 Å². The van der Waals surface area contributed by atoms with Gasteiger partial charge in [0.2, 0.25) is 0 Å². The second kappa shape index (κ2) is 3.92. The number of rotatable bonds is 2. The van der Waals surface area contributed by atoms with Crippen LogP contribution < -0.4 is 5.73 Å². The predicted molar refractivity (Wildman–Crippen MR) is 61.2 cm³/mol. The minimum atomic E-state index is -0.681. The molecule has 0 aliphatic heterocycles. The Hall–Kier alpha value is -1.75. The van der Waals surface area contributed by atoms with Crippen LogP contribution in [0.4, 0.5) is 8.78 Å². The van der Waals surface area contributed by atoms with Gasteiger partial charge in [0.25, 0.3) is 0 Å². The Kier molecular flexibility index (Phi) is 2.71. The highest BCUT2D eigenvalue weighted by atomic mass is 19.1. The van der Waals surface area contributed by atoms with E-state index in [0.717, 1.165) is 0 Å². The highest BCUT2D eigenvalue weighted by Gasteiger charge is 2.20. The van der Waals surface area contributed by atoms with E-state index in [2.05, 4.69) is 9.97 Å². The molecule has 0 radical (unpaired) electrons.